The van der Waals surface area contributed by atoms with Crippen LogP contribution in [0.3, 0.4) is 0 Å². The molecule has 2 N–H and O–H groups in total. The third kappa shape index (κ3) is 6.30. The number of sulfonamides is 1. The minimum absolute atomic E-state index is 0.0123. The van der Waals surface area contributed by atoms with Gasteiger partial charge in [-0.3, -0.25) is 13.9 Å². The summed E-state index contributed by atoms with van der Waals surface area (Å²) in [6, 6.07) is 12.7. The van der Waals surface area contributed by atoms with Crippen LogP contribution in [0, 0.1) is 6.92 Å². The quantitative estimate of drug-likeness (QED) is 0.615. The number of para-hydroxylation sites is 1. The Labute approximate surface area is 184 Å². The van der Waals surface area contributed by atoms with Crippen LogP contribution in [0.4, 0.5) is 11.4 Å². The molecule has 168 valence electrons. The second-order valence-electron chi connectivity index (χ2n) is 7.64. The lowest BCUT2D eigenvalue weighted by Crippen LogP contribution is -2.47. The molecule has 0 unspecified atom stereocenters. The standard InChI is InChI=1S/C23H31N3O4S/c1-6-17(4)24-22(27)19-13-8-9-14-20(19)25-23(28)21(7-2)26(31(5,29)30)18-12-10-11-16(3)15-18/h8-15,17,21H,6-7H2,1-5H3,(H,24,27)(H,25,28)/t17-,21-/m0/s1. The molecule has 0 spiro atoms. The van der Waals surface area contributed by atoms with E-state index in [0.717, 1.165) is 22.5 Å². The summed E-state index contributed by atoms with van der Waals surface area (Å²) in [5, 5.41) is 5.65. The highest BCUT2D eigenvalue weighted by Crippen LogP contribution is 2.25. The molecule has 0 fully saturated rings. The SMILES string of the molecule is CC[C@H](C)NC(=O)c1ccccc1NC(=O)[C@H](CC)N(c1cccc(C)c1)S(C)(=O)=O. The van der Waals surface area contributed by atoms with Crippen LogP contribution in [0.5, 0.6) is 0 Å². The Hall–Kier alpha value is -2.87. The Kier molecular flexibility index (Phi) is 8.21. The Morgan fingerprint density at radius 1 is 1.03 bits per heavy atom. The van der Waals surface area contributed by atoms with Crippen LogP contribution in [0.25, 0.3) is 0 Å². The molecule has 0 aromatic heterocycles. The number of nitrogens with one attached hydrogen (secondary N) is 2. The number of amides is 2. The maximum Gasteiger partial charge on any atom is 0.253 e. The number of aryl methyl sites for hydroxylation is 1. The first-order valence-electron chi connectivity index (χ1n) is 10.3. The molecular formula is C23H31N3O4S. The topological polar surface area (TPSA) is 95.6 Å². The zero-order chi connectivity index (χ0) is 23.2. The molecule has 0 aliphatic heterocycles. The molecule has 7 nitrogen and oxygen atoms in total. The number of benzene rings is 2. The lowest BCUT2D eigenvalue weighted by atomic mass is 10.1. The Bertz CT molecular complexity index is 1040. The third-order valence-electron chi connectivity index (χ3n) is 5.01. The second kappa shape index (κ2) is 10.4. The molecule has 0 bridgehead atoms. The predicted octanol–water partition coefficient (Wildman–Crippen LogP) is 3.71. The lowest BCUT2D eigenvalue weighted by molar-refractivity contribution is -0.117. The summed E-state index contributed by atoms with van der Waals surface area (Å²) < 4.78 is 26.4. The Morgan fingerprint density at radius 3 is 2.29 bits per heavy atom. The van der Waals surface area contributed by atoms with Crippen molar-refractivity contribution in [3.63, 3.8) is 0 Å². The summed E-state index contributed by atoms with van der Waals surface area (Å²) in [7, 11) is -3.74. The van der Waals surface area contributed by atoms with E-state index in [-0.39, 0.29) is 18.4 Å². The number of anilines is 2. The van der Waals surface area contributed by atoms with Crippen molar-refractivity contribution in [2.24, 2.45) is 0 Å². The van der Waals surface area contributed by atoms with Crippen LogP contribution in [0.1, 0.15) is 49.5 Å². The summed E-state index contributed by atoms with van der Waals surface area (Å²) >= 11 is 0. The van der Waals surface area contributed by atoms with Gasteiger partial charge in [0.25, 0.3) is 5.91 Å². The molecule has 0 radical (unpaired) electrons. The van der Waals surface area contributed by atoms with Gasteiger partial charge in [-0.15, -0.1) is 0 Å². The van der Waals surface area contributed by atoms with Crippen LogP contribution < -0.4 is 14.9 Å². The predicted molar refractivity (Wildman–Crippen MR) is 125 cm³/mol. The largest absolute Gasteiger partial charge is 0.350 e. The number of hydrogen-bond acceptors (Lipinski definition) is 4. The fourth-order valence-corrected chi connectivity index (χ4v) is 4.44. The highest BCUT2D eigenvalue weighted by molar-refractivity contribution is 7.92. The molecule has 2 rings (SSSR count). The van der Waals surface area contributed by atoms with Crippen molar-refractivity contribution in [3.8, 4) is 0 Å². The van der Waals surface area contributed by atoms with Gasteiger partial charge in [0.1, 0.15) is 6.04 Å². The van der Waals surface area contributed by atoms with Crippen LogP contribution in [-0.2, 0) is 14.8 Å². The van der Waals surface area contributed by atoms with E-state index in [2.05, 4.69) is 10.6 Å². The van der Waals surface area contributed by atoms with Gasteiger partial charge >= 0.3 is 0 Å². The van der Waals surface area contributed by atoms with Gasteiger partial charge in [-0.25, -0.2) is 8.42 Å². The number of carbonyl (C=O) groups excluding carboxylic acids is 2. The number of rotatable bonds is 9. The van der Waals surface area contributed by atoms with Gasteiger partial charge in [0, 0.05) is 6.04 Å². The van der Waals surface area contributed by atoms with E-state index in [1.807, 2.05) is 26.8 Å². The molecule has 0 heterocycles. The van der Waals surface area contributed by atoms with E-state index in [0.29, 0.717) is 16.9 Å². The number of nitrogens with zero attached hydrogens (tertiary/aromatic N) is 1. The van der Waals surface area contributed by atoms with Crippen molar-refractivity contribution in [1.29, 1.82) is 0 Å². The molecule has 31 heavy (non-hydrogen) atoms. The minimum Gasteiger partial charge on any atom is -0.350 e. The van der Waals surface area contributed by atoms with Gasteiger partial charge in [-0.05, 0) is 56.5 Å². The molecule has 0 aliphatic rings. The highest BCUT2D eigenvalue weighted by atomic mass is 32.2. The summed E-state index contributed by atoms with van der Waals surface area (Å²) in [6.45, 7) is 7.48. The maximum atomic E-state index is 13.2. The van der Waals surface area contributed by atoms with Gasteiger partial charge in [0.15, 0.2) is 0 Å². The van der Waals surface area contributed by atoms with Crippen LogP contribution in [0.2, 0.25) is 0 Å². The van der Waals surface area contributed by atoms with Crippen molar-refractivity contribution >= 4 is 33.2 Å². The highest BCUT2D eigenvalue weighted by Gasteiger charge is 2.32. The molecule has 0 saturated carbocycles. The first kappa shape index (κ1) is 24.4. The van der Waals surface area contributed by atoms with E-state index >= 15 is 0 Å². The van der Waals surface area contributed by atoms with Crippen LogP contribution in [-0.4, -0.2) is 38.6 Å². The van der Waals surface area contributed by atoms with Gasteiger partial charge in [0.2, 0.25) is 15.9 Å². The van der Waals surface area contributed by atoms with E-state index in [1.165, 1.54) is 0 Å². The fourth-order valence-electron chi connectivity index (χ4n) is 3.24. The maximum absolute atomic E-state index is 13.2. The number of hydrogen-bond donors (Lipinski definition) is 2. The van der Waals surface area contributed by atoms with Crippen molar-refractivity contribution in [3.05, 3.63) is 59.7 Å². The molecule has 2 atom stereocenters. The molecule has 0 saturated heterocycles. The van der Waals surface area contributed by atoms with Crippen molar-refractivity contribution in [1.82, 2.24) is 5.32 Å². The molecule has 2 amide bonds. The van der Waals surface area contributed by atoms with Crippen molar-refractivity contribution in [2.75, 3.05) is 15.9 Å². The monoisotopic (exact) mass is 445 g/mol. The average molecular weight is 446 g/mol. The van der Waals surface area contributed by atoms with Gasteiger partial charge < -0.3 is 10.6 Å². The first-order valence-corrected chi connectivity index (χ1v) is 12.2. The summed E-state index contributed by atoms with van der Waals surface area (Å²) in [5.74, 6) is -0.796. The zero-order valence-electron chi connectivity index (χ0n) is 18.7. The van der Waals surface area contributed by atoms with Gasteiger partial charge in [-0.2, -0.15) is 0 Å². The van der Waals surface area contributed by atoms with E-state index in [4.69, 9.17) is 0 Å². The lowest BCUT2D eigenvalue weighted by Gasteiger charge is -2.30. The number of carbonyl (C=O) groups is 2. The molecule has 2 aromatic rings. The summed E-state index contributed by atoms with van der Waals surface area (Å²) in [5.41, 5.74) is 1.97. The molecule has 2 aromatic carbocycles. The second-order valence-corrected chi connectivity index (χ2v) is 9.50. The van der Waals surface area contributed by atoms with Gasteiger partial charge in [0.05, 0.1) is 23.2 Å². The van der Waals surface area contributed by atoms with Crippen molar-refractivity contribution in [2.45, 2.75) is 52.6 Å². The molecule has 0 aliphatic carbocycles. The van der Waals surface area contributed by atoms with Gasteiger partial charge in [-0.1, -0.05) is 38.1 Å². The van der Waals surface area contributed by atoms with E-state index < -0.39 is 22.0 Å². The van der Waals surface area contributed by atoms with E-state index in [9.17, 15) is 18.0 Å². The molecular weight excluding hydrogens is 414 g/mol. The van der Waals surface area contributed by atoms with E-state index in [1.54, 1.807) is 49.4 Å². The Morgan fingerprint density at radius 2 is 1.71 bits per heavy atom. The van der Waals surface area contributed by atoms with Crippen LogP contribution in [0.15, 0.2) is 48.5 Å². The Balaban J connectivity index is 2.37. The smallest absolute Gasteiger partial charge is 0.253 e. The molecule has 8 heteroatoms. The fraction of sp³-hybridized carbons (Fsp3) is 0.391. The minimum atomic E-state index is -3.74. The average Bonchev–Trinajstić information content (AvgIpc) is 2.70. The van der Waals surface area contributed by atoms with Crippen molar-refractivity contribution < 1.29 is 18.0 Å². The summed E-state index contributed by atoms with van der Waals surface area (Å²) in [6.07, 6.45) is 2.12. The first-order chi connectivity index (χ1) is 14.6. The normalized spacial score (nSPS) is 13.2. The zero-order valence-corrected chi connectivity index (χ0v) is 19.5. The summed E-state index contributed by atoms with van der Waals surface area (Å²) in [4.78, 5) is 25.8. The third-order valence-corrected chi connectivity index (χ3v) is 6.19. The van der Waals surface area contributed by atoms with Crippen LogP contribution >= 0.6 is 0 Å².